The molecular weight excluding hydrogens is 382 g/mol. The zero-order valence-corrected chi connectivity index (χ0v) is 17.9. The number of hydrogen-bond acceptors (Lipinski definition) is 5. The molecule has 0 bridgehead atoms. The molecule has 0 aliphatic rings. The number of carbonyl (C=O) groups is 3. The molecule has 0 spiro atoms. The second-order valence-corrected chi connectivity index (χ2v) is 7.40. The number of methoxy groups -OCH3 is 1. The molecule has 0 aliphatic carbocycles. The Morgan fingerprint density at radius 2 is 1.53 bits per heavy atom. The quantitative estimate of drug-likeness (QED) is 0.475. The second kappa shape index (κ2) is 11.1. The monoisotopic (exact) mass is 411 g/mol. The van der Waals surface area contributed by atoms with Gasteiger partial charge in [0.1, 0.15) is 11.8 Å². The molecule has 1 amide bonds. The predicted molar refractivity (Wildman–Crippen MR) is 115 cm³/mol. The molecule has 0 aliphatic heterocycles. The lowest BCUT2D eigenvalue weighted by molar-refractivity contribution is -0.145. The third-order valence-corrected chi connectivity index (χ3v) is 4.72. The van der Waals surface area contributed by atoms with Crippen LogP contribution in [0.15, 0.2) is 48.5 Å². The number of hydrogen-bond donors (Lipinski definition) is 1. The van der Waals surface area contributed by atoms with E-state index in [0.29, 0.717) is 16.9 Å². The molecule has 0 saturated heterocycles. The van der Waals surface area contributed by atoms with Gasteiger partial charge in [0.25, 0.3) is 5.91 Å². The Balaban J connectivity index is 1.95. The van der Waals surface area contributed by atoms with Crippen molar-refractivity contribution in [3.05, 3.63) is 65.2 Å². The fourth-order valence-corrected chi connectivity index (χ4v) is 2.92. The van der Waals surface area contributed by atoms with E-state index in [2.05, 4.69) is 12.2 Å². The van der Waals surface area contributed by atoms with Crippen LogP contribution in [0, 0.1) is 5.92 Å². The maximum atomic E-state index is 12.5. The zero-order chi connectivity index (χ0) is 22.1. The molecule has 6 heteroatoms. The molecule has 1 N–H and O–H groups in total. The summed E-state index contributed by atoms with van der Waals surface area (Å²) in [4.78, 5) is 37.3. The number of aryl methyl sites for hydroxylation is 1. The molecule has 0 radical (unpaired) electrons. The Hall–Kier alpha value is -3.15. The van der Waals surface area contributed by atoms with Crippen molar-refractivity contribution in [2.24, 2.45) is 5.92 Å². The first-order valence-electron chi connectivity index (χ1n) is 10.1. The van der Waals surface area contributed by atoms with Gasteiger partial charge in [-0.1, -0.05) is 51.5 Å². The highest BCUT2D eigenvalue weighted by molar-refractivity contribution is 5.99. The highest BCUT2D eigenvalue weighted by atomic mass is 16.5. The SMILES string of the molecule is CCCc1ccc(C(=O)COC(=O)[C@@H](NC(=O)c2ccc(OC)cc2)C(C)C)cc1. The minimum Gasteiger partial charge on any atom is -0.497 e. The molecule has 160 valence electrons. The molecule has 0 unspecified atom stereocenters. The maximum absolute atomic E-state index is 12.5. The van der Waals surface area contributed by atoms with Gasteiger partial charge in [-0.15, -0.1) is 0 Å². The summed E-state index contributed by atoms with van der Waals surface area (Å²) in [6, 6.07) is 13.0. The fourth-order valence-electron chi connectivity index (χ4n) is 2.92. The molecule has 2 rings (SSSR count). The third-order valence-electron chi connectivity index (χ3n) is 4.72. The van der Waals surface area contributed by atoms with Gasteiger partial charge in [0, 0.05) is 11.1 Å². The van der Waals surface area contributed by atoms with Crippen molar-refractivity contribution in [1.82, 2.24) is 5.32 Å². The summed E-state index contributed by atoms with van der Waals surface area (Å²) in [5.74, 6) is -0.889. The molecule has 0 fully saturated rings. The van der Waals surface area contributed by atoms with Gasteiger partial charge in [0.05, 0.1) is 7.11 Å². The van der Waals surface area contributed by atoms with Crippen molar-refractivity contribution in [3.8, 4) is 5.75 Å². The summed E-state index contributed by atoms with van der Waals surface area (Å²) in [6.07, 6.45) is 1.98. The van der Waals surface area contributed by atoms with Crippen molar-refractivity contribution in [2.75, 3.05) is 13.7 Å². The highest BCUT2D eigenvalue weighted by Gasteiger charge is 2.27. The smallest absolute Gasteiger partial charge is 0.329 e. The van der Waals surface area contributed by atoms with Crippen LogP contribution >= 0.6 is 0 Å². The van der Waals surface area contributed by atoms with Crippen LogP contribution in [-0.2, 0) is 16.0 Å². The summed E-state index contributed by atoms with van der Waals surface area (Å²) in [5, 5.41) is 2.69. The van der Waals surface area contributed by atoms with Crippen LogP contribution in [-0.4, -0.2) is 37.4 Å². The van der Waals surface area contributed by atoms with Gasteiger partial charge < -0.3 is 14.8 Å². The van der Waals surface area contributed by atoms with Crippen molar-refractivity contribution in [2.45, 2.75) is 39.7 Å². The van der Waals surface area contributed by atoms with E-state index in [1.807, 2.05) is 12.1 Å². The van der Waals surface area contributed by atoms with Gasteiger partial charge in [-0.25, -0.2) is 4.79 Å². The summed E-state index contributed by atoms with van der Waals surface area (Å²) in [7, 11) is 1.54. The number of ketones is 1. The topological polar surface area (TPSA) is 81.7 Å². The average Bonchev–Trinajstić information content (AvgIpc) is 2.76. The number of rotatable bonds is 10. The number of ether oxygens (including phenoxy) is 2. The maximum Gasteiger partial charge on any atom is 0.329 e. The minimum absolute atomic E-state index is 0.205. The number of benzene rings is 2. The lowest BCUT2D eigenvalue weighted by Crippen LogP contribution is -2.45. The Kier molecular flexibility index (Phi) is 8.59. The average molecular weight is 411 g/mol. The van der Waals surface area contributed by atoms with E-state index in [9.17, 15) is 14.4 Å². The lowest BCUT2D eigenvalue weighted by atomic mass is 10.0. The molecule has 2 aromatic carbocycles. The van der Waals surface area contributed by atoms with E-state index < -0.39 is 17.9 Å². The number of amides is 1. The first-order valence-corrected chi connectivity index (χ1v) is 10.1. The van der Waals surface area contributed by atoms with Crippen LogP contribution in [0.4, 0.5) is 0 Å². The first-order chi connectivity index (χ1) is 14.3. The number of carbonyl (C=O) groups excluding carboxylic acids is 3. The van der Waals surface area contributed by atoms with Gasteiger partial charge >= 0.3 is 5.97 Å². The van der Waals surface area contributed by atoms with Crippen molar-refractivity contribution in [1.29, 1.82) is 0 Å². The van der Waals surface area contributed by atoms with Gasteiger partial charge in [-0.05, 0) is 42.2 Å². The lowest BCUT2D eigenvalue weighted by Gasteiger charge is -2.20. The van der Waals surface area contributed by atoms with Gasteiger partial charge in [0.2, 0.25) is 0 Å². The first kappa shape index (κ1) is 23.1. The standard InChI is InChI=1S/C24H29NO5/c1-5-6-17-7-9-18(10-8-17)21(26)15-30-24(28)22(16(2)3)25-23(27)19-11-13-20(29-4)14-12-19/h7-14,16,22H,5-6,15H2,1-4H3,(H,25,27)/t22-/m0/s1. The summed E-state index contributed by atoms with van der Waals surface area (Å²) in [5.41, 5.74) is 2.05. The Bertz CT molecular complexity index is 856. The highest BCUT2D eigenvalue weighted by Crippen LogP contribution is 2.13. The summed E-state index contributed by atoms with van der Waals surface area (Å²) < 4.78 is 10.3. The van der Waals surface area contributed by atoms with Crippen LogP contribution in [0.25, 0.3) is 0 Å². The Labute approximate surface area is 177 Å². The number of nitrogens with one attached hydrogen (secondary N) is 1. The second-order valence-electron chi connectivity index (χ2n) is 7.40. The molecule has 6 nitrogen and oxygen atoms in total. The van der Waals surface area contributed by atoms with Gasteiger partial charge in [-0.3, -0.25) is 9.59 Å². The van der Waals surface area contributed by atoms with Crippen LogP contribution in [0.1, 0.15) is 53.5 Å². The molecule has 0 aromatic heterocycles. The number of Topliss-reactive ketones (excluding diaryl/α,β-unsaturated/α-hetero) is 1. The zero-order valence-electron chi connectivity index (χ0n) is 17.9. The number of esters is 1. The molecule has 2 aromatic rings. The normalized spacial score (nSPS) is 11.6. The molecule has 30 heavy (non-hydrogen) atoms. The van der Waals surface area contributed by atoms with Crippen molar-refractivity contribution < 1.29 is 23.9 Å². The third kappa shape index (κ3) is 6.44. The molecule has 0 saturated carbocycles. The van der Waals surface area contributed by atoms with E-state index in [4.69, 9.17) is 9.47 Å². The Morgan fingerprint density at radius 1 is 0.933 bits per heavy atom. The van der Waals surface area contributed by atoms with Crippen molar-refractivity contribution >= 4 is 17.7 Å². The van der Waals surface area contributed by atoms with E-state index in [-0.39, 0.29) is 18.3 Å². The fraction of sp³-hybridized carbons (Fsp3) is 0.375. The minimum atomic E-state index is -0.862. The van der Waals surface area contributed by atoms with Gasteiger partial charge in [-0.2, -0.15) is 0 Å². The predicted octanol–water partition coefficient (Wildman–Crippen LogP) is 3.83. The summed E-state index contributed by atoms with van der Waals surface area (Å²) >= 11 is 0. The van der Waals surface area contributed by atoms with Crippen LogP contribution in [0.3, 0.4) is 0 Å². The van der Waals surface area contributed by atoms with Crippen LogP contribution in [0.5, 0.6) is 5.75 Å². The summed E-state index contributed by atoms with van der Waals surface area (Å²) in [6.45, 7) is 5.33. The molecule has 0 heterocycles. The van der Waals surface area contributed by atoms with Crippen molar-refractivity contribution in [3.63, 3.8) is 0 Å². The molecule has 1 atom stereocenters. The van der Waals surface area contributed by atoms with E-state index in [0.717, 1.165) is 18.4 Å². The van der Waals surface area contributed by atoms with E-state index in [1.54, 1.807) is 57.4 Å². The van der Waals surface area contributed by atoms with Crippen LogP contribution < -0.4 is 10.1 Å². The van der Waals surface area contributed by atoms with Gasteiger partial charge in [0.15, 0.2) is 12.4 Å². The Morgan fingerprint density at radius 3 is 2.07 bits per heavy atom. The van der Waals surface area contributed by atoms with Crippen LogP contribution in [0.2, 0.25) is 0 Å². The van der Waals surface area contributed by atoms with E-state index in [1.165, 1.54) is 0 Å². The van der Waals surface area contributed by atoms with E-state index >= 15 is 0 Å². The molecular formula is C24H29NO5. The largest absolute Gasteiger partial charge is 0.497 e.